The molecule has 0 bridgehead atoms. The van der Waals surface area contributed by atoms with E-state index in [9.17, 15) is 26.8 Å². The summed E-state index contributed by atoms with van der Waals surface area (Å²) in [6, 6.07) is 11.7. The summed E-state index contributed by atoms with van der Waals surface area (Å²) >= 11 is 0. The number of hydrogen-bond acceptors (Lipinski definition) is 4. The van der Waals surface area contributed by atoms with Crippen LogP contribution in [0.15, 0.2) is 48.5 Å². The highest BCUT2D eigenvalue weighted by Crippen LogP contribution is 2.21. The van der Waals surface area contributed by atoms with Gasteiger partial charge in [-0.15, -0.1) is 0 Å². The van der Waals surface area contributed by atoms with Crippen molar-refractivity contribution in [2.45, 2.75) is 52.0 Å². The number of hydrogen-bond donors (Lipinski definition) is 1. The van der Waals surface area contributed by atoms with Crippen molar-refractivity contribution in [3.8, 4) is 0 Å². The van der Waals surface area contributed by atoms with Crippen molar-refractivity contribution in [3.05, 3.63) is 65.7 Å². The Labute approximate surface area is 212 Å². The van der Waals surface area contributed by atoms with Gasteiger partial charge in [0.05, 0.1) is 11.9 Å². The maximum Gasteiger partial charge on any atom is 0.242 e. The van der Waals surface area contributed by atoms with Crippen molar-refractivity contribution in [3.63, 3.8) is 0 Å². The lowest BCUT2D eigenvalue weighted by Crippen LogP contribution is -2.49. The van der Waals surface area contributed by atoms with E-state index in [1.54, 1.807) is 6.92 Å². The molecular formula is C26H35F2N3O4S. The van der Waals surface area contributed by atoms with E-state index in [0.29, 0.717) is 19.5 Å². The van der Waals surface area contributed by atoms with E-state index >= 15 is 0 Å². The van der Waals surface area contributed by atoms with Gasteiger partial charge in [-0.3, -0.25) is 13.9 Å². The van der Waals surface area contributed by atoms with E-state index in [1.807, 2.05) is 37.3 Å². The van der Waals surface area contributed by atoms with Gasteiger partial charge in [0.2, 0.25) is 21.8 Å². The number of sulfonamides is 1. The molecule has 1 N–H and O–H groups in total. The van der Waals surface area contributed by atoms with Crippen molar-refractivity contribution in [1.82, 2.24) is 10.2 Å². The molecule has 0 fully saturated rings. The summed E-state index contributed by atoms with van der Waals surface area (Å²) in [6.07, 6.45) is 3.41. The third-order valence-corrected chi connectivity index (χ3v) is 7.02. The van der Waals surface area contributed by atoms with Crippen molar-refractivity contribution in [2.75, 3.05) is 30.2 Å². The second kappa shape index (κ2) is 13.9. The Bertz CT molecular complexity index is 1110. The average molecular weight is 524 g/mol. The van der Waals surface area contributed by atoms with Crippen LogP contribution < -0.4 is 9.62 Å². The lowest BCUT2D eigenvalue weighted by atomic mass is 10.1. The number of benzene rings is 2. The van der Waals surface area contributed by atoms with Gasteiger partial charge in [0.1, 0.15) is 6.04 Å². The molecule has 36 heavy (non-hydrogen) atoms. The predicted molar refractivity (Wildman–Crippen MR) is 137 cm³/mol. The number of anilines is 1. The van der Waals surface area contributed by atoms with Crippen LogP contribution in [0.5, 0.6) is 0 Å². The molecule has 7 nitrogen and oxygen atoms in total. The molecular weight excluding hydrogens is 488 g/mol. The standard InChI is InChI=1S/C26H35F2N3O4S/c1-4-5-16-29-26(33)20(2)30(18-15-21-10-7-6-8-11-21)25(32)12-9-17-31(36(3,34)35)22-13-14-23(27)24(28)19-22/h6-8,10-11,13-14,19-20H,4-5,9,12,15-18H2,1-3H3,(H,29,33)/t20-/m0/s1. The van der Waals surface area contributed by atoms with Crippen LogP contribution in [-0.4, -0.2) is 57.1 Å². The maximum atomic E-state index is 13.7. The molecule has 0 aliphatic carbocycles. The molecule has 0 aromatic heterocycles. The molecule has 2 aromatic rings. The molecule has 10 heteroatoms. The Morgan fingerprint density at radius 1 is 1.00 bits per heavy atom. The first-order chi connectivity index (χ1) is 17.0. The summed E-state index contributed by atoms with van der Waals surface area (Å²) in [5.41, 5.74) is 1.00. The molecule has 0 aliphatic heterocycles. The smallest absolute Gasteiger partial charge is 0.242 e. The highest BCUT2D eigenvalue weighted by atomic mass is 32.2. The SMILES string of the molecule is CCCCNC(=O)[C@H](C)N(CCc1ccccc1)C(=O)CCCN(c1ccc(F)c(F)c1)S(C)(=O)=O. The molecule has 0 unspecified atom stereocenters. The first kappa shape index (κ1) is 29.2. The van der Waals surface area contributed by atoms with E-state index in [4.69, 9.17) is 0 Å². The van der Waals surface area contributed by atoms with Gasteiger partial charge in [0, 0.05) is 32.1 Å². The van der Waals surface area contributed by atoms with Crippen LogP contribution in [0.3, 0.4) is 0 Å². The second-order valence-electron chi connectivity index (χ2n) is 8.68. The van der Waals surface area contributed by atoms with E-state index in [-0.39, 0.29) is 36.9 Å². The number of nitrogens with one attached hydrogen (secondary N) is 1. The lowest BCUT2D eigenvalue weighted by Gasteiger charge is -2.29. The molecule has 0 saturated carbocycles. The minimum absolute atomic E-state index is 0.0168. The molecule has 1 atom stereocenters. The largest absolute Gasteiger partial charge is 0.354 e. The van der Waals surface area contributed by atoms with E-state index in [2.05, 4.69) is 5.32 Å². The number of amides is 2. The van der Waals surface area contributed by atoms with Crippen LogP contribution in [-0.2, 0) is 26.0 Å². The summed E-state index contributed by atoms with van der Waals surface area (Å²) in [6.45, 7) is 4.45. The topological polar surface area (TPSA) is 86.8 Å². The molecule has 2 aromatic carbocycles. The molecule has 2 rings (SSSR count). The van der Waals surface area contributed by atoms with Crippen molar-refractivity contribution >= 4 is 27.5 Å². The predicted octanol–water partition coefficient (Wildman–Crippen LogP) is 3.89. The van der Waals surface area contributed by atoms with Crippen LogP contribution in [0.4, 0.5) is 14.5 Å². The molecule has 198 valence electrons. The number of carbonyl (C=O) groups excluding carboxylic acids is 2. The summed E-state index contributed by atoms with van der Waals surface area (Å²) in [7, 11) is -3.80. The Morgan fingerprint density at radius 2 is 1.69 bits per heavy atom. The highest BCUT2D eigenvalue weighted by Gasteiger charge is 2.26. The Kier molecular flexibility index (Phi) is 11.3. The van der Waals surface area contributed by atoms with E-state index in [0.717, 1.165) is 41.1 Å². The Hall–Kier alpha value is -3.01. The summed E-state index contributed by atoms with van der Waals surface area (Å²) in [4.78, 5) is 27.4. The first-order valence-corrected chi connectivity index (χ1v) is 13.9. The fourth-order valence-electron chi connectivity index (χ4n) is 3.75. The fourth-order valence-corrected chi connectivity index (χ4v) is 4.71. The molecule has 0 aliphatic rings. The zero-order chi connectivity index (χ0) is 26.7. The van der Waals surface area contributed by atoms with Gasteiger partial charge in [-0.05, 0) is 43.9 Å². The monoisotopic (exact) mass is 523 g/mol. The third-order valence-electron chi connectivity index (χ3n) is 5.82. The van der Waals surface area contributed by atoms with Gasteiger partial charge >= 0.3 is 0 Å². The van der Waals surface area contributed by atoms with Gasteiger partial charge in [-0.2, -0.15) is 0 Å². The van der Waals surface area contributed by atoms with Crippen LogP contribution in [0, 0.1) is 11.6 Å². The average Bonchev–Trinajstić information content (AvgIpc) is 2.83. The van der Waals surface area contributed by atoms with Crippen molar-refractivity contribution in [1.29, 1.82) is 0 Å². The van der Waals surface area contributed by atoms with Crippen LogP contribution in [0.1, 0.15) is 45.1 Å². The van der Waals surface area contributed by atoms with Gasteiger partial charge in [0.15, 0.2) is 11.6 Å². The van der Waals surface area contributed by atoms with E-state index < -0.39 is 27.7 Å². The molecule has 0 saturated heterocycles. The fraction of sp³-hybridized carbons (Fsp3) is 0.462. The van der Waals surface area contributed by atoms with Crippen molar-refractivity contribution < 1.29 is 26.8 Å². The first-order valence-electron chi connectivity index (χ1n) is 12.1. The zero-order valence-electron chi connectivity index (χ0n) is 21.0. The van der Waals surface area contributed by atoms with Crippen LogP contribution in [0.25, 0.3) is 0 Å². The molecule has 0 radical (unpaired) electrons. The molecule has 0 spiro atoms. The zero-order valence-corrected chi connectivity index (χ0v) is 21.9. The Morgan fingerprint density at radius 3 is 2.31 bits per heavy atom. The number of halogens is 2. The van der Waals surface area contributed by atoms with Crippen molar-refractivity contribution in [2.24, 2.45) is 0 Å². The number of nitrogens with zero attached hydrogens (tertiary/aromatic N) is 2. The van der Waals surface area contributed by atoms with Gasteiger partial charge in [-0.1, -0.05) is 43.7 Å². The lowest BCUT2D eigenvalue weighted by molar-refractivity contribution is -0.139. The number of rotatable bonds is 14. The minimum atomic E-state index is -3.80. The highest BCUT2D eigenvalue weighted by molar-refractivity contribution is 7.92. The molecule has 0 heterocycles. The Balaban J connectivity index is 2.10. The summed E-state index contributed by atoms with van der Waals surface area (Å²) in [5, 5.41) is 2.86. The van der Waals surface area contributed by atoms with Gasteiger partial charge in [0.25, 0.3) is 0 Å². The maximum absolute atomic E-state index is 13.7. The van der Waals surface area contributed by atoms with Gasteiger partial charge < -0.3 is 10.2 Å². The van der Waals surface area contributed by atoms with E-state index in [1.165, 1.54) is 11.0 Å². The quantitative estimate of drug-likeness (QED) is 0.381. The third kappa shape index (κ3) is 8.89. The molecule has 2 amide bonds. The normalized spacial score (nSPS) is 12.1. The summed E-state index contributed by atoms with van der Waals surface area (Å²) < 4.78 is 52.5. The number of unbranched alkanes of at least 4 members (excludes halogenated alkanes) is 1. The van der Waals surface area contributed by atoms with Gasteiger partial charge in [-0.25, -0.2) is 17.2 Å². The van der Waals surface area contributed by atoms with Crippen LogP contribution >= 0.6 is 0 Å². The minimum Gasteiger partial charge on any atom is -0.354 e. The number of carbonyl (C=O) groups is 2. The summed E-state index contributed by atoms with van der Waals surface area (Å²) in [5.74, 6) is -2.78. The second-order valence-corrected chi connectivity index (χ2v) is 10.6. The van der Waals surface area contributed by atoms with Crippen LogP contribution in [0.2, 0.25) is 0 Å².